The highest BCUT2D eigenvalue weighted by atomic mass is 35.5. The number of nitrogens with zero attached hydrogens (tertiary/aromatic N) is 1. The molecule has 0 fully saturated rings. The highest BCUT2D eigenvalue weighted by Crippen LogP contribution is 2.53. The summed E-state index contributed by atoms with van der Waals surface area (Å²) in [6.45, 7) is 1.47. The lowest BCUT2D eigenvalue weighted by atomic mass is 10.2. The average molecular weight is 353 g/mol. The Balaban J connectivity index is 2.83. The molecule has 0 amide bonds. The van der Waals surface area contributed by atoms with Gasteiger partial charge in [-0.1, -0.05) is 34.8 Å². The van der Waals surface area contributed by atoms with Gasteiger partial charge in [0.2, 0.25) is 5.88 Å². The maximum Gasteiger partial charge on any atom is 0.381 e. The van der Waals surface area contributed by atoms with Crippen LogP contribution in [-0.2, 0) is 25.4 Å². The Kier molecular flexibility index (Phi) is 6.39. The number of halogens is 3. The molecule has 0 aromatic rings. The molecule has 1 heterocycles. The summed E-state index contributed by atoms with van der Waals surface area (Å²) in [5.41, 5.74) is 0. The molecule has 0 aromatic carbocycles. The summed E-state index contributed by atoms with van der Waals surface area (Å²) >= 11 is 23.0. The van der Waals surface area contributed by atoms with Crippen LogP contribution >= 0.6 is 41.5 Å². The van der Waals surface area contributed by atoms with Crippen LogP contribution in [0.15, 0.2) is 15.9 Å². The first kappa shape index (κ1) is 16.7. The maximum absolute atomic E-state index is 6.01. The van der Waals surface area contributed by atoms with Crippen molar-refractivity contribution in [1.82, 2.24) is 0 Å². The van der Waals surface area contributed by atoms with Gasteiger partial charge in [-0.2, -0.15) is 0 Å². The number of aliphatic imine (C=N–C) groups is 1. The molecule has 0 aliphatic carbocycles. The summed E-state index contributed by atoms with van der Waals surface area (Å²) < 4.78 is 15.0. The molecule has 1 aliphatic heterocycles. The molecule has 18 heavy (non-hydrogen) atoms. The fourth-order valence-corrected chi connectivity index (χ4v) is 4.02. The Bertz CT molecular complexity index is 404. The monoisotopic (exact) mass is 351 g/mol. The summed E-state index contributed by atoms with van der Waals surface area (Å²) in [5, 5.41) is 0.288. The summed E-state index contributed by atoms with van der Waals surface area (Å²) in [5.74, 6) is 0.152. The second kappa shape index (κ2) is 6.89. The molecular formula is C9H13Cl3NO3PS. The van der Waals surface area contributed by atoms with E-state index in [0.29, 0.717) is 13.2 Å². The highest BCUT2D eigenvalue weighted by Gasteiger charge is 2.32. The summed E-state index contributed by atoms with van der Waals surface area (Å²) in [6.07, 6.45) is 1.54. The maximum atomic E-state index is 6.01. The van der Waals surface area contributed by atoms with E-state index in [1.54, 1.807) is 13.8 Å². The number of hydrogen-bond acceptors (Lipinski definition) is 5. The molecule has 0 atom stereocenters. The van der Waals surface area contributed by atoms with Gasteiger partial charge in [0.05, 0.1) is 18.2 Å². The minimum absolute atomic E-state index is 0.152. The van der Waals surface area contributed by atoms with Crippen LogP contribution in [0.2, 0.25) is 0 Å². The van der Waals surface area contributed by atoms with Gasteiger partial charge in [-0.15, -0.1) is 0 Å². The van der Waals surface area contributed by atoms with Crippen molar-refractivity contribution in [1.29, 1.82) is 0 Å². The zero-order chi connectivity index (χ0) is 13.8. The molecule has 0 spiro atoms. The molecule has 1 rings (SSSR count). The molecule has 0 unspecified atom stereocenters. The first-order valence-corrected chi connectivity index (χ1v) is 8.91. The fourth-order valence-electron chi connectivity index (χ4n) is 1.14. The zero-order valence-electron chi connectivity index (χ0n) is 9.86. The van der Waals surface area contributed by atoms with Crippen molar-refractivity contribution in [3.8, 4) is 0 Å². The van der Waals surface area contributed by atoms with Crippen molar-refractivity contribution in [3.05, 3.63) is 10.9 Å². The van der Waals surface area contributed by atoms with Crippen LogP contribution in [0.1, 0.15) is 20.3 Å². The van der Waals surface area contributed by atoms with Crippen molar-refractivity contribution in [2.24, 2.45) is 4.99 Å². The quantitative estimate of drug-likeness (QED) is 0.526. The molecule has 9 heteroatoms. The summed E-state index contributed by atoms with van der Waals surface area (Å²) in [7, 11) is 0. The zero-order valence-corrected chi connectivity index (χ0v) is 13.8. The van der Waals surface area contributed by atoms with Gasteiger partial charge in [-0.3, -0.25) is 9.05 Å². The fraction of sp³-hybridized carbons (Fsp3) is 0.667. The van der Waals surface area contributed by atoms with E-state index in [4.69, 9.17) is 60.2 Å². The molecule has 1 aliphatic rings. The second-order valence-corrected chi connectivity index (χ2v) is 8.21. The van der Waals surface area contributed by atoms with Crippen LogP contribution in [0.5, 0.6) is 0 Å². The smallest absolute Gasteiger partial charge is 0.381 e. The van der Waals surface area contributed by atoms with Crippen LogP contribution in [0.3, 0.4) is 0 Å². The van der Waals surface area contributed by atoms with Gasteiger partial charge in [0.25, 0.3) is 0 Å². The minimum atomic E-state index is -2.88. The van der Waals surface area contributed by atoms with Crippen LogP contribution in [-0.4, -0.2) is 23.8 Å². The van der Waals surface area contributed by atoms with E-state index in [1.165, 1.54) is 6.21 Å². The number of allylic oxidation sites excluding steroid dienone is 1. The predicted molar refractivity (Wildman–Crippen MR) is 79.0 cm³/mol. The lowest BCUT2D eigenvalue weighted by molar-refractivity contribution is 0.193. The van der Waals surface area contributed by atoms with E-state index >= 15 is 0 Å². The van der Waals surface area contributed by atoms with Crippen molar-refractivity contribution < 1.29 is 13.6 Å². The molecule has 0 bridgehead atoms. The summed E-state index contributed by atoms with van der Waals surface area (Å²) in [6, 6.07) is 0. The van der Waals surface area contributed by atoms with Gasteiger partial charge in [-0.05, 0) is 13.8 Å². The Labute approximate surface area is 126 Å². The van der Waals surface area contributed by atoms with E-state index in [0.717, 1.165) is 0 Å². The van der Waals surface area contributed by atoms with Gasteiger partial charge in [-0.25, -0.2) is 4.99 Å². The summed E-state index contributed by atoms with van der Waals surface area (Å²) in [4.78, 5) is 3.95. The van der Waals surface area contributed by atoms with E-state index < -0.39 is 11.1 Å². The Morgan fingerprint density at radius 1 is 1.39 bits per heavy atom. The second-order valence-electron chi connectivity index (χ2n) is 3.28. The van der Waals surface area contributed by atoms with Crippen LogP contribution in [0.25, 0.3) is 0 Å². The Hall–Kier alpha value is 0.650. The molecule has 4 nitrogen and oxygen atoms in total. The highest BCUT2D eigenvalue weighted by molar-refractivity contribution is 8.07. The van der Waals surface area contributed by atoms with E-state index in [1.807, 2.05) is 0 Å². The molecule has 0 saturated carbocycles. The van der Waals surface area contributed by atoms with Crippen molar-refractivity contribution in [2.75, 3.05) is 13.2 Å². The Morgan fingerprint density at radius 2 is 1.94 bits per heavy atom. The largest absolute Gasteiger partial charge is 0.404 e. The van der Waals surface area contributed by atoms with E-state index in [-0.39, 0.29) is 17.3 Å². The predicted octanol–water partition coefficient (Wildman–Crippen LogP) is 4.36. The molecule has 0 radical (unpaired) electrons. The normalized spacial score (nSPS) is 19.2. The molecule has 104 valence electrons. The lowest BCUT2D eigenvalue weighted by Gasteiger charge is -2.25. The van der Waals surface area contributed by atoms with Gasteiger partial charge in [0, 0.05) is 24.4 Å². The first-order valence-electron chi connectivity index (χ1n) is 5.22. The third-order valence-corrected chi connectivity index (χ3v) is 4.93. The van der Waals surface area contributed by atoms with Gasteiger partial charge in [0.15, 0.2) is 4.33 Å². The third kappa shape index (κ3) is 4.97. The Morgan fingerprint density at radius 3 is 2.39 bits per heavy atom. The van der Waals surface area contributed by atoms with E-state index in [9.17, 15) is 0 Å². The third-order valence-electron chi connectivity index (χ3n) is 1.77. The molecule has 0 N–H and O–H groups in total. The van der Waals surface area contributed by atoms with Crippen molar-refractivity contribution in [2.45, 2.75) is 24.6 Å². The number of alkyl halides is 2. The first-order chi connectivity index (χ1) is 8.32. The van der Waals surface area contributed by atoms with Crippen molar-refractivity contribution >= 4 is 59.5 Å². The lowest BCUT2D eigenvalue weighted by Crippen LogP contribution is -2.19. The number of rotatable bonds is 6. The topological polar surface area (TPSA) is 40.0 Å². The van der Waals surface area contributed by atoms with Gasteiger partial charge in [0.1, 0.15) is 0 Å². The standard InChI is InChI=1S/C9H13Cl3NO3PS/c1-3-14-17(18,15-4-2)16-8-7(10)5-9(11,12)6-13-8/h6H,3-5H2,1-2H3. The van der Waals surface area contributed by atoms with Gasteiger partial charge < -0.3 is 4.52 Å². The SMILES string of the molecule is CCOP(=S)(OCC)OC1=C(Cl)CC(Cl)(Cl)C=N1. The minimum Gasteiger partial charge on any atom is -0.404 e. The number of hydrogen-bond donors (Lipinski definition) is 0. The van der Waals surface area contributed by atoms with Crippen LogP contribution in [0.4, 0.5) is 0 Å². The molecule has 0 aromatic heterocycles. The van der Waals surface area contributed by atoms with Crippen molar-refractivity contribution in [3.63, 3.8) is 0 Å². The average Bonchev–Trinajstić information content (AvgIpc) is 2.22. The molecular weight excluding hydrogens is 340 g/mol. The van der Waals surface area contributed by atoms with Gasteiger partial charge >= 0.3 is 6.72 Å². The molecule has 0 saturated heterocycles. The van der Waals surface area contributed by atoms with Crippen LogP contribution in [0, 0.1) is 0 Å². The van der Waals surface area contributed by atoms with E-state index in [2.05, 4.69) is 4.99 Å². The van der Waals surface area contributed by atoms with Crippen LogP contribution < -0.4 is 0 Å².